The van der Waals surface area contributed by atoms with Crippen molar-refractivity contribution in [3.63, 3.8) is 0 Å². The first kappa shape index (κ1) is 15.1. The highest BCUT2D eigenvalue weighted by Crippen LogP contribution is 2.22. The van der Waals surface area contributed by atoms with Gasteiger partial charge >= 0.3 is 0 Å². The Morgan fingerprint density at radius 1 is 1.39 bits per heavy atom. The number of aromatic hydroxyl groups is 1. The van der Waals surface area contributed by atoms with Gasteiger partial charge in [-0.05, 0) is 35.5 Å². The Bertz CT molecular complexity index is 396. The second-order valence-corrected chi connectivity index (χ2v) is 4.97. The molecule has 0 radical (unpaired) electrons. The number of carbonyl (C=O) groups excluding carboxylic acids is 1. The monoisotopic (exact) mass is 363 g/mol. The third-order valence-corrected chi connectivity index (χ3v) is 3.31. The molecule has 18 heavy (non-hydrogen) atoms. The Morgan fingerprint density at radius 2 is 2.17 bits per heavy atom. The van der Waals surface area contributed by atoms with Crippen molar-refractivity contribution >= 4 is 28.5 Å². The minimum absolute atomic E-state index is 0.0273. The number of halogens is 1. The van der Waals surface area contributed by atoms with Gasteiger partial charge in [0.1, 0.15) is 11.5 Å². The molecule has 0 heterocycles. The third-order valence-electron chi connectivity index (χ3n) is 2.54. The van der Waals surface area contributed by atoms with Gasteiger partial charge in [0.2, 0.25) is 0 Å². The van der Waals surface area contributed by atoms with Crippen LogP contribution in [-0.4, -0.2) is 29.1 Å². The molecule has 5 heteroatoms. The van der Waals surface area contributed by atoms with E-state index in [0.717, 1.165) is 17.3 Å². The number of hydrogen-bond acceptors (Lipinski definition) is 3. The zero-order chi connectivity index (χ0) is 13.4. The molecule has 0 bridgehead atoms. The number of amides is 1. The van der Waals surface area contributed by atoms with Gasteiger partial charge in [0.05, 0.1) is 12.7 Å². The molecular weight excluding hydrogens is 345 g/mol. The van der Waals surface area contributed by atoms with E-state index in [1.54, 1.807) is 6.07 Å². The molecule has 1 amide bonds. The highest BCUT2D eigenvalue weighted by atomic mass is 127. The number of carbonyl (C=O) groups is 1. The van der Waals surface area contributed by atoms with E-state index < -0.39 is 0 Å². The summed E-state index contributed by atoms with van der Waals surface area (Å²) in [6, 6.07) is 4.62. The summed E-state index contributed by atoms with van der Waals surface area (Å²) >= 11 is 2.34. The van der Waals surface area contributed by atoms with E-state index in [-0.39, 0.29) is 17.2 Å². The Kier molecular flexibility index (Phi) is 6.85. The minimum Gasteiger partial charge on any atom is -0.507 e. The highest BCUT2D eigenvalue weighted by molar-refractivity contribution is 14.1. The lowest BCUT2D eigenvalue weighted by Crippen LogP contribution is -2.24. The van der Waals surface area contributed by atoms with Crippen molar-refractivity contribution in [2.24, 2.45) is 0 Å². The average Bonchev–Trinajstić information content (AvgIpc) is 2.39. The third kappa shape index (κ3) is 4.72. The van der Waals surface area contributed by atoms with Crippen LogP contribution in [0.2, 0.25) is 0 Å². The number of rotatable bonds is 7. The largest absolute Gasteiger partial charge is 0.507 e. The van der Waals surface area contributed by atoms with Crippen LogP contribution >= 0.6 is 22.6 Å². The van der Waals surface area contributed by atoms with E-state index in [4.69, 9.17) is 4.74 Å². The second kappa shape index (κ2) is 8.18. The van der Waals surface area contributed by atoms with Gasteiger partial charge in [-0.2, -0.15) is 0 Å². The van der Waals surface area contributed by atoms with Gasteiger partial charge < -0.3 is 15.2 Å². The normalized spacial score (nSPS) is 10.1. The van der Waals surface area contributed by atoms with Crippen LogP contribution in [0.5, 0.6) is 11.5 Å². The zero-order valence-electron chi connectivity index (χ0n) is 10.4. The molecule has 0 aliphatic rings. The molecule has 0 aromatic heterocycles. The fourth-order valence-electron chi connectivity index (χ4n) is 1.52. The first-order chi connectivity index (χ1) is 8.69. The van der Waals surface area contributed by atoms with Gasteiger partial charge in [-0.1, -0.05) is 29.0 Å². The Morgan fingerprint density at radius 3 is 2.83 bits per heavy atom. The summed E-state index contributed by atoms with van der Waals surface area (Å²) in [6.45, 7) is 0.631. The summed E-state index contributed by atoms with van der Waals surface area (Å²) in [5.74, 6) is 0.268. The lowest BCUT2D eigenvalue weighted by molar-refractivity contribution is 0.0950. The number of ether oxygens (including phenoxy) is 1. The summed E-state index contributed by atoms with van der Waals surface area (Å²) in [6.07, 6.45) is 3.23. The van der Waals surface area contributed by atoms with Gasteiger partial charge in [0.15, 0.2) is 0 Å². The van der Waals surface area contributed by atoms with Gasteiger partial charge in [-0.15, -0.1) is 0 Å². The van der Waals surface area contributed by atoms with E-state index in [0.29, 0.717) is 12.3 Å². The van der Waals surface area contributed by atoms with Crippen LogP contribution in [0.25, 0.3) is 0 Å². The van der Waals surface area contributed by atoms with Crippen molar-refractivity contribution < 1.29 is 14.6 Å². The lowest BCUT2D eigenvalue weighted by Gasteiger charge is -2.08. The summed E-state index contributed by atoms with van der Waals surface area (Å²) in [5, 5.41) is 12.4. The van der Waals surface area contributed by atoms with Crippen LogP contribution in [0, 0.1) is 0 Å². The number of unbranched alkanes of at least 4 members (excludes halogenated alkanes) is 2. The molecule has 2 N–H and O–H groups in total. The molecule has 4 nitrogen and oxygen atoms in total. The van der Waals surface area contributed by atoms with Crippen LogP contribution < -0.4 is 10.1 Å². The van der Waals surface area contributed by atoms with Crippen molar-refractivity contribution in [2.75, 3.05) is 18.1 Å². The lowest BCUT2D eigenvalue weighted by atomic mass is 10.1. The molecule has 1 aromatic carbocycles. The number of nitrogens with one attached hydrogen (secondary N) is 1. The molecule has 0 saturated heterocycles. The second-order valence-electron chi connectivity index (χ2n) is 3.89. The van der Waals surface area contributed by atoms with Crippen LogP contribution in [0.15, 0.2) is 18.2 Å². The van der Waals surface area contributed by atoms with Crippen molar-refractivity contribution in [3.8, 4) is 11.5 Å². The standard InChI is InChI=1S/C13H18INO3/c1-18-10-5-6-12(16)11(9-10)13(17)15-8-4-2-3-7-14/h5-6,9,16H,2-4,7-8H2,1H3,(H,15,17). The summed E-state index contributed by atoms with van der Waals surface area (Å²) < 4.78 is 6.17. The smallest absolute Gasteiger partial charge is 0.255 e. The van der Waals surface area contributed by atoms with Crippen LogP contribution in [-0.2, 0) is 0 Å². The topological polar surface area (TPSA) is 58.6 Å². The molecule has 0 unspecified atom stereocenters. The number of methoxy groups -OCH3 is 1. The first-order valence-electron chi connectivity index (χ1n) is 5.90. The summed E-state index contributed by atoms with van der Waals surface area (Å²) in [5.41, 5.74) is 0.253. The summed E-state index contributed by atoms with van der Waals surface area (Å²) in [4.78, 5) is 11.8. The number of benzene rings is 1. The molecule has 0 aliphatic heterocycles. The number of hydrogen-bond donors (Lipinski definition) is 2. The first-order valence-corrected chi connectivity index (χ1v) is 7.42. The van der Waals surface area contributed by atoms with Crippen molar-refractivity contribution in [1.82, 2.24) is 5.32 Å². The number of phenols is 1. The van der Waals surface area contributed by atoms with E-state index in [1.807, 2.05) is 0 Å². The molecular formula is C13H18INO3. The fraction of sp³-hybridized carbons (Fsp3) is 0.462. The Hall–Kier alpha value is -0.980. The number of phenolic OH excluding ortho intramolecular Hbond substituents is 1. The average molecular weight is 363 g/mol. The van der Waals surface area contributed by atoms with Crippen molar-refractivity contribution in [1.29, 1.82) is 0 Å². The highest BCUT2D eigenvalue weighted by Gasteiger charge is 2.11. The van der Waals surface area contributed by atoms with Crippen LogP contribution in [0.4, 0.5) is 0 Å². The van der Waals surface area contributed by atoms with Crippen molar-refractivity contribution in [2.45, 2.75) is 19.3 Å². The summed E-state index contributed by atoms with van der Waals surface area (Å²) in [7, 11) is 1.53. The van der Waals surface area contributed by atoms with Crippen molar-refractivity contribution in [3.05, 3.63) is 23.8 Å². The van der Waals surface area contributed by atoms with Gasteiger partial charge in [-0.3, -0.25) is 4.79 Å². The molecule has 0 fully saturated rings. The molecule has 0 aliphatic carbocycles. The molecule has 0 spiro atoms. The van der Waals surface area contributed by atoms with Crippen LogP contribution in [0.1, 0.15) is 29.6 Å². The predicted molar refractivity (Wildman–Crippen MR) is 79.7 cm³/mol. The van der Waals surface area contributed by atoms with Gasteiger partial charge in [0.25, 0.3) is 5.91 Å². The van der Waals surface area contributed by atoms with Gasteiger partial charge in [0, 0.05) is 6.54 Å². The molecule has 1 aromatic rings. The maximum atomic E-state index is 11.8. The Labute approximate surface area is 121 Å². The minimum atomic E-state index is -0.263. The maximum absolute atomic E-state index is 11.8. The van der Waals surface area contributed by atoms with E-state index in [1.165, 1.54) is 25.7 Å². The fourth-order valence-corrected chi connectivity index (χ4v) is 2.06. The zero-order valence-corrected chi connectivity index (χ0v) is 12.6. The number of alkyl halides is 1. The predicted octanol–water partition coefficient (Wildman–Crippen LogP) is 2.74. The quantitative estimate of drug-likeness (QED) is 0.445. The molecule has 1 rings (SSSR count). The van der Waals surface area contributed by atoms with E-state index in [2.05, 4.69) is 27.9 Å². The molecule has 0 atom stereocenters. The van der Waals surface area contributed by atoms with E-state index in [9.17, 15) is 9.90 Å². The van der Waals surface area contributed by atoms with E-state index >= 15 is 0 Å². The molecule has 100 valence electrons. The SMILES string of the molecule is COc1ccc(O)c(C(=O)NCCCCCI)c1. The van der Waals surface area contributed by atoms with Gasteiger partial charge in [-0.25, -0.2) is 0 Å². The molecule has 0 saturated carbocycles. The maximum Gasteiger partial charge on any atom is 0.255 e. The van der Waals surface area contributed by atoms with Crippen LogP contribution in [0.3, 0.4) is 0 Å². The Balaban J connectivity index is 2.50.